The first-order valence-electron chi connectivity index (χ1n) is 6.79. The molecule has 1 heterocycles. The van der Waals surface area contributed by atoms with Gasteiger partial charge in [0.15, 0.2) is 0 Å². The summed E-state index contributed by atoms with van der Waals surface area (Å²) in [5, 5.41) is 0. The third kappa shape index (κ3) is 3.28. The van der Waals surface area contributed by atoms with E-state index in [1.807, 2.05) is 0 Å². The molecule has 0 radical (unpaired) electrons. The fourth-order valence-corrected chi connectivity index (χ4v) is 3.13. The van der Waals surface area contributed by atoms with Crippen LogP contribution in [0.5, 0.6) is 0 Å². The Morgan fingerprint density at radius 2 is 2.15 bits per heavy atom. The van der Waals surface area contributed by atoms with Gasteiger partial charge in [-0.15, -0.1) is 11.6 Å². The number of halogens is 2. The number of benzene rings is 1. The summed E-state index contributed by atoms with van der Waals surface area (Å²) in [5.41, 5.74) is 2.21. The smallest absolute Gasteiger partial charge is 0.111 e. The van der Waals surface area contributed by atoms with Gasteiger partial charge in [0, 0.05) is 23.0 Å². The number of hydrogen-bond donors (Lipinski definition) is 0. The molecule has 2 rings (SSSR count). The van der Waals surface area contributed by atoms with Gasteiger partial charge in [0.25, 0.3) is 0 Å². The van der Waals surface area contributed by atoms with Crippen molar-refractivity contribution in [2.75, 3.05) is 19.6 Å². The van der Waals surface area contributed by atoms with E-state index in [-0.39, 0.29) is 6.04 Å². The largest absolute Gasteiger partial charge is 0.383 e. The number of fused-ring (bicyclic) bond motifs is 1. The molecule has 0 aliphatic rings. The fourth-order valence-electron chi connectivity index (χ4n) is 2.49. The van der Waals surface area contributed by atoms with Crippen LogP contribution >= 0.6 is 34.2 Å². The zero-order valence-corrected chi connectivity index (χ0v) is 15.0. The van der Waals surface area contributed by atoms with Gasteiger partial charge in [-0.25, -0.2) is 4.98 Å². The molecule has 5 heteroatoms. The standard InChI is InChI=1S/C15H20ClIN2O/c1-10(2)14(9-20-3)19-13-5-4-11(17)8-12(13)18-15(19)6-7-16/h4-5,8,10,14H,6-7,9H2,1-3H3. The number of methoxy groups -OCH3 is 1. The predicted octanol–water partition coefficient (Wildman–Crippen LogP) is 4.27. The summed E-state index contributed by atoms with van der Waals surface area (Å²) >= 11 is 8.26. The molecule has 3 nitrogen and oxygen atoms in total. The molecular formula is C15H20ClIN2O. The minimum atomic E-state index is 0.281. The van der Waals surface area contributed by atoms with Crippen molar-refractivity contribution in [3.8, 4) is 0 Å². The van der Waals surface area contributed by atoms with E-state index in [1.54, 1.807) is 7.11 Å². The van der Waals surface area contributed by atoms with Gasteiger partial charge < -0.3 is 9.30 Å². The highest BCUT2D eigenvalue weighted by Crippen LogP contribution is 2.28. The number of nitrogens with zero attached hydrogens (tertiary/aromatic N) is 2. The molecule has 0 bridgehead atoms. The average Bonchev–Trinajstić information content (AvgIpc) is 2.73. The summed E-state index contributed by atoms with van der Waals surface area (Å²) < 4.78 is 8.92. The summed E-state index contributed by atoms with van der Waals surface area (Å²) in [6.45, 7) is 5.11. The lowest BCUT2D eigenvalue weighted by molar-refractivity contribution is 0.133. The van der Waals surface area contributed by atoms with Crippen LogP contribution < -0.4 is 0 Å². The number of ether oxygens (including phenoxy) is 1. The monoisotopic (exact) mass is 406 g/mol. The van der Waals surface area contributed by atoms with Crippen LogP contribution in [0.1, 0.15) is 25.7 Å². The second kappa shape index (κ2) is 7.09. The second-order valence-corrected chi connectivity index (χ2v) is 6.86. The highest BCUT2D eigenvalue weighted by atomic mass is 127. The minimum Gasteiger partial charge on any atom is -0.383 e. The molecule has 0 saturated carbocycles. The Bertz CT molecular complexity index is 583. The van der Waals surface area contributed by atoms with E-state index in [1.165, 1.54) is 9.09 Å². The lowest BCUT2D eigenvalue weighted by atomic mass is 10.0. The van der Waals surface area contributed by atoms with Gasteiger partial charge in [0.05, 0.1) is 23.7 Å². The number of hydrogen-bond acceptors (Lipinski definition) is 2. The van der Waals surface area contributed by atoms with Crippen LogP contribution in [0.2, 0.25) is 0 Å². The van der Waals surface area contributed by atoms with Crippen molar-refractivity contribution in [3.05, 3.63) is 27.6 Å². The van der Waals surface area contributed by atoms with Crippen LogP contribution in [0.25, 0.3) is 11.0 Å². The third-order valence-electron chi connectivity index (χ3n) is 3.48. The Kier molecular flexibility index (Phi) is 5.69. The Hall–Kier alpha value is -0.330. The van der Waals surface area contributed by atoms with E-state index in [0.29, 0.717) is 18.4 Å². The van der Waals surface area contributed by atoms with Crippen molar-refractivity contribution in [1.29, 1.82) is 0 Å². The van der Waals surface area contributed by atoms with E-state index in [9.17, 15) is 0 Å². The maximum atomic E-state index is 5.94. The fraction of sp³-hybridized carbons (Fsp3) is 0.533. The van der Waals surface area contributed by atoms with Gasteiger partial charge in [-0.2, -0.15) is 0 Å². The highest BCUT2D eigenvalue weighted by Gasteiger charge is 2.21. The SMILES string of the molecule is COCC(C(C)C)n1c(CCCl)nc2cc(I)ccc21. The molecule has 1 atom stereocenters. The van der Waals surface area contributed by atoms with Gasteiger partial charge in [-0.3, -0.25) is 0 Å². The van der Waals surface area contributed by atoms with E-state index in [2.05, 4.69) is 59.2 Å². The molecule has 1 aromatic carbocycles. The van der Waals surface area contributed by atoms with E-state index in [0.717, 1.165) is 17.8 Å². The molecule has 20 heavy (non-hydrogen) atoms. The van der Waals surface area contributed by atoms with E-state index in [4.69, 9.17) is 21.3 Å². The number of imidazole rings is 1. The zero-order chi connectivity index (χ0) is 14.7. The Morgan fingerprint density at radius 1 is 1.40 bits per heavy atom. The average molecular weight is 407 g/mol. The highest BCUT2D eigenvalue weighted by molar-refractivity contribution is 14.1. The Labute approximate surface area is 138 Å². The molecule has 0 spiro atoms. The first-order valence-corrected chi connectivity index (χ1v) is 8.41. The summed E-state index contributed by atoms with van der Waals surface area (Å²) in [4.78, 5) is 4.77. The van der Waals surface area contributed by atoms with Crippen molar-refractivity contribution in [1.82, 2.24) is 9.55 Å². The van der Waals surface area contributed by atoms with E-state index < -0.39 is 0 Å². The molecule has 1 unspecified atom stereocenters. The van der Waals surface area contributed by atoms with Crippen molar-refractivity contribution < 1.29 is 4.74 Å². The lowest BCUT2D eigenvalue weighted by Crippen LogP contribution is -2.22. The number of aromatic nitrogens is 2. The number of alkyl halides is 1. The van der Waals surface area contributed by atoms with Gasteiger partial charge in [0.2, 0.25) is 0 Å². The molecule has 0 N–H and O–H groups in total. The molecule has 0 amide bonds. The van der Waals surface area contributed by atoms with Crippen LogP contribution in [0.4, 0.5) is 0 Å². The predicted molar refractivity (Wildman–Crippen MR) is 92.6 cm³/mol. The number of rotatable bonds is 6. The first kappa shape index (κ1) is 16.0. The van der Waals surface area contributed by atoms with Gasteiger partial charge in [-0.1, -0.05) is 13.8 Å². The van der Waals surface area contributed by atoms with Gasteiger partial charge in [0.1, 0.15) is 5.82 Å². The van der Waals surface area contributed by atoms with Crippen LogP contribution in [0.15, 0.2) is 18.2 Å². The topological polar surface area (TPSA) is 27.1 Å². The normalized spacial score (nSPS) is 13.3. The third-order valence-corrected chi connectivity index (χ3v) is 4.34. The summed E-state index contributed by atoms with van der Waals surface area (Å²) in [7, 11) is 1.75. The maximum Gasteiger partial charge on any atom is 0.111 e. The van der Waals surface area contributed by atoms with Crippen molar-refractivity contribution in [2.45, 2.75) is 26.3 Å². The van der Waals surface area contributed by atoms with E-state index >= 15 is 0 Å². The first-order chi connectivity index (χ1) is 9.58. The molecule has 0 aliphatic carbocycles. The summed E-state index contributed by atoms with van der Waals surface area (Å²) in [6.07, 6.45) is 0.778. The molecule has 2 aromatic rings. The minimum absolute atomic E-state index is 0.281. The molecule has 110 valence electrons. The summed E-state index contributed by atoms with van der Waals surface area (Å²) in [6, 6.07) is 6.67. The quantitative estimate of drug-likeness (QED) is 0.529. The molecule has 0 fully saturated rings. The molecular weight excluding hydrogens is 387 g/mol. The van der Waals surface area contributed by atoms with Crippen LogP contribution in [-0.2, 0) is 11.2 Å². The Balaban J connectivity index is 2.60. The molecule has 0 saturated heterocycles. The number of aryl methyl sites for hydroxylation is 1. The summed E-state index contributed by atoms with van der Waals surface area (Å²) in [5.74, 6) is 2.10. The van der Waals surface area contributed by atoms with Crippen LogP contribution in [0.3, 0.4) is 0 Å². The lowest BCUT2D eigenvalue weighted by Gasteiger charge is -2.24. The molecule has 1 aromatic heterocycles. The van der Waals surface area contributed by atoms with Crippen LogP contribution in [-0.4, -0.2) is 29.1 Å². The van der Waals surface area contributed by atoms with Gasteiger partial charge in [-0.05, 0) is 46.7 Å². The second-order valence-electron chi connectivity index (χ2n) is 5.24. The van der Waals surface area contributed by atoms with Crippen LogP contribution in [0, 0.1) is 9.49 Å². The van der Waals surface area contributed by atoms with Crippen molar-refractivity contribution in [3.63, 3.8) is 0 Å². The van der Waals surface area contributed by atoms with Gasteiger partial charge >= 0.3 is 0 Å². The van der Waals surface area contributed by atoms with Crippen molar-refractivity contribution >= 4 is 45.2 Å². The zero-order valence-electron chi connectivity index (χ0n) is 12.1. The molecule has 0 aliphatic heterocycles. The maximum absolute atomic E-state index is 5.94. The van der Waals surface area contributed by atoms with Crippen molar-refractivity contribution in [2.24, 2.45) is 5.92 Å². The Morgan fingerprint density at radius 3 is 2.75 bits per heavy atom.